The number of aromatic nitrogens is 6. The van der Waals surface area contributed by atoms with Gasteiger partial charge in [-0.05, 0) is 90.8 Å². The zero-order chi connectivity index (χ0) is 98.6. The Morgan fingerprint density at radius 2 is 0.838 bits per heavy atom. The molecule has 4 aromatic carbocycles. The van der Waals surface area contributed by atoms with Crippen LogP contribution in [-0.2, 0) is 70.6 Å². The number of aliphatic carboxylic acids is 4. The van der Waals surface area contributed by atoms with Crippen LogP contribution in [0, 0.1) is 54.6 Å². The minimum Gasteiger partial charge on any atom is -0.508 e. The van der Waals surface area contributed by atoms with Gasteiger partial charge in [0.05, 0.1) is 74.9 Å². The van der Waals surface area contributed by atoms with E-state index in [1.165, 1.54) is 40.9 Å². The van der Waals surface area contributed by atoms with Crippen LogP contribution < -0.4 is 26.6 Å². The topological polar surface area (TPSA) is 609 Å². The van der Waals surface area contributed by atoms with E-state index in [0.29, 0.717) is 68.3 Å². The molecule has 0 spiro atoms. The third kappa shape index (κ3) is 31.0. The second-order valence-corrected chi connectivity index (χ2v) is 34.6. The number of aromatic hydroxyl groups is 4. The number of hydrogen-bond donors (Lipinski definition) is 16. The van der Waals surface area contributed by atoms with Gasteiger partial charge in [-0.3, -0.25) is 106 Å². The van der Waals surface area contributed by atoms with Crippen molar-refractivity contribution in [2.24, 2.45) is 17.8 Å². The summed E-state index contributed by atoms with van der Waals surface area (Å²) in [7, 11) is 0. The molecule has 5 heterocycles. The van der Waals surface area contributed by atoms with Crippen LogP contribution in [0.3, 0.4) is 0 Å². The third-order valence-corrected chi connectivity index (χ3v) is 24.1. The monoisotopic (exact) mass is 2060 g/mol. The van der Waals surface area contributed by atoms with E-state index in [4.69, 9.17) is 0 Å². The molecule has 136 heavy (non-hydrogen) atoms. The number of aliphatic hydroxyl groups is 3. The number of benzene rings is 4. The Morgan fingerprint density at radius 1 is 0.426 bits per heavy atom. The van der Waals surface area contributed by atoms with E-state index in [0.717, 1.165) is 11.1 Å². The molecule has 0 unspecified atom stereocenters. The van der Waals surface area contributed by atoms with Crippen molar-refractivity contribution in [2.45, 2.75) is 136 Å². The number of rotatable bonds is 46. The first kappa shape index (κ1) is 110. The molecule has 0 saturated carbocycles. The van der Waals surface area contributed by atoms with Gasteiger partial charge in [0.1, 0.15) is 40.9 Å². The predicted octanol–water partition coefficient (Wildman–Crippen LogP) is 0.0370. The Balaban J connectivity index is 0.0000227. The Morgan fingerprint density at radius 3 is 1.24 bits per heavy atom. The number of nitrogens with zero attached hydrogens (tertiary/aromatic N) is 14. The van der Waals surface area contributed by atoms with Crippen molar-refractivity contribution in [3.8, 4) is 57.1 Å². The molecule has 749 valence electrons. The van der Waals surface area contributed by atoms with E-state index >= 15 is 0 Å². The first-order chi connectivity index (χ1) is 64.3. The van der Waals surface area contributed by atoms with Crippen molar-refractivity contribution in [2.75, 3.05) is 164 Å². The maximum Gasteiger partial charge on any atom is 0.320 e. The molecule has 6 aromatic rings. The predicted molar refractivity (Wildman–Crippen MR) is 485 cm³/mol. The third-order valence-electron chi connectivity index (χ3n) is 24.1. The molecule has 3 saturated heterocycles. The average molecular weight is 2060 g/mol. The van der Waals surface area contributed by atoms with Crippen molar-refractivity contribution in [3.05, 3.63) is 107 Å². The van der Waals surface area contributed by atoms with Crippen molar-refractivity contribution in [1.29, 1.82) is 0 Å². The van der Waals surface area contributed by atoms with Gasteiger partial charge in [0.15, 0.2) is 23.2 Å². The average Bonchev–Trinajstić information content (AvgIpc) is 1.61. The van der Waals surface area contributed by atoms with Crippen LogP contribution in [0.15, 0.2) is 72.8 Å². The van der Waals surface area contributed by atoms with Gasteiger partial charge in [0, 0.05) is 236 Å². The minimum absolute atomic E-state index is 0. The first-order valence-electron chi connectivity index (χ1n) is 45.2. The molecule has 0 bridgehead atoms. The van der Waals surface area contributed by atoms with Gasteiger partial charge in [0.2, 0.25) is 41.2 Å². The van der Waals surface area contributed by atoms with Crippen molar-refractivity contribution in [1.82, 2.24) is 95.3 Å². The molecule has 3 aliphatic heterocycles. The fraction of sp³-hybridized carbons (Fsp3) is 0.538. The van der Waals surface area contributed by atoms with E-state index in [2.05, 4.69) is 56.8 Å². The molecule has 9 rings (SSSR count). The zero-order valence-corrected chi connectivity index (χ0v) is 78.9. The van der Waals surface area contributed by atoms with Crippen LogP contribution in [0.1, 0.15) is 149 Å². The second-order valence-electron chi connectivity index (χ2n) is 34.6. The molecule has 45 heteroatoms. The number of hydrogen-bond acceptors (Lipinski definition) is 31. The quantitative estimate of drug-likeness (QED) is 0.0240. The Hall–Kier alpha value is -11.6. The number of piperazine rings is 2. The van der Waals surface area contributed by atoms with Crippen molar-refractivity contribution < 1.29 is 160 Å². The normalized spacial score (nSPS) is 16.1. The van der Waals surface area contributed by atoms with Crippen LogP contribution in [0.2, 0.25) is 0 Å². The molecule has 3 aliphatic rings. The van der Waals surface area contributed by atoms with Crippen LogP contribution in [-0.4, -0.2) is 389 Å². The summed E-state index contributed by atoms with van der Waals surface area (Å²) in [6.07, 6.45) is -3.81. The van der Waals surface area contributed by atoms with Gasteiger partial charge in [-0.2, -0.15) is 0 Å². The number of amides is 7. The number of ketones is 3. The van der Waals surface area contributed by atoms with Crippen molar-refractivity contribution >= 4 is 82.6 Å². The maximum atomic E-state index is 14.7. The number of phenolic OH excluding ortho intramolecular Hbond substituents is 4. The number of nitrogens with one attached hydrogen (secondary N) is 5. The maximum absolute atomic E-state index is 14.7. The number of carbonyl (C=O) groups excluding carboxylic acids is 10. The second kappa shape index (κ2) is 52.7. The largest absolute Gasteiger partial charge is 0.508 e. The summed E-state index contributed by atoms with van der Waals surface area (Å²) >= 11 is 0. The van der Waals surface area contributed by atoms with Gasteiger partial charge >= 0.3 is 23.9 Å². The molecular formula is C91H125LuN19O25. The first-order valence-corrected chi connectivity index (χ1v) is 45.2. The van der Waals surface area contributed by atoms with Crippen LogP contribution in [0.5, 0.6) is 23.0 Å². The summed E-state index contributed by atoms with van der Waals surface area (Å²) < 4.78 is 3.04. The van der Waals surface area contributed by atoms with Crippen LogP contribution in [0.4, 0.5) is 0 Å². The number of Topliss-reactive ketones (excluding diaryl/α,β-unsaturated/α-hetero) is 3. The molecule has 44 nitrogen and oxygen atoms in total. The molecule has 16 N–H and O–H groups in total. The fourth-order valence-corrected chi connectivity index (χ4v) is 16.5. The number of phenols is 4. The SMILES string of the molecule is CCNC(=O)c1nnc(-c2cc(C(C)C)c(O)cc2O)n1-c1ccc(CN2CCN(C(=O)C[C@H](NC(=O)CCNC(=O)[C@H](CO)CC(=O)[C@H](CO)NC(=O)[C@H](CO)CC(=O)CC[C@H](C(=O)O)N3CCN(CC(=O)O)CCN(CC(=O)O)CCN(CC(=O)O)CC3)C(=O)C[C@H](C)C(=O)N3CCN(Cc4ccc(-n5c(C(=O)NCC)nnc5-c5cc(C(C)C)c(O)cc5O)cc4)CC3)CC2)cc1.[Lu]. The van der Waals surface area contributed by atoms with Crippen LogP contribution >= 0.6 is 0 Å². The van der Waals surface area contributed by atoms with E-state index in [1.807, 2.05) is 52.0 Å². The molecular weight excluding hydrogens is 1930 g/mol. The molecule has 6 atom stereocenters. The van der Waals surface area contributed by atoms with Crippen LogP contribution in [0.25, 0.3) is 34.2 Å². The summed E-state index contributed by atoms with van der Waals surface area (Å²) in [5, 5.41) is 144. The molecule has 3 fully saturated rings. The van der Waals surface area contributed by atoms with Gasteiger partial charge in [-0.1, -0.05) is 58.9 Å². The smallest absolute Gasteiger partial charge is 0.320 e. The van der Waals surface area contributed by atoms with Gasteiger partial charge in [0.25, 0.3) is 11.8 Å². The van der Waals surface area contributed by atoms with E-state index in [9.17, 15) is 123 Å². The Bertz CT molecular complexity index is 5140. The number of carboxylic acid groups (broad SMARTS) is 4. The standard InChI is InChI=1S/C91H125N19O25.Lu/c1-8-92-88(131)84-99-97-82(66-41-64(54(3)4)71(115)44-73(66)117)109(84)61-14-10-57(11-15-61)46-101-28-34-107(35-29-101)78(122)43-68(75(119)38-56(7)90(133)108-36-30-102(31-37-108)47-58-12-16-62(17-13-58)110-83(98-100-85(110)89(132)93-9-2)67-42-65(55(5)6)72(116)45-74(67)118)95-77(121)20-21-94-86(129)60(52-112)40-76(120)69(53-113)96-87(130)59(51-111)39-63(114)18-19-70(91(134)135)106-32-26-104(49-80(125)126)24-22-103(48-79(123)124)23-25-105(27-33-106)50-81(127)128;/h10-17,41-42,44-45,54-56,59-60,68-70,111-113,115-118H,8-9,18-40,43,46-53H2,1-7H3,(H,92,131)(H,93,132)(H,94,129)(H,95,121)(H,96,130)(H,123,124)(H,125,126)(H,127,128)(H,134,135);/t56-,59-,60-,68-,69-,70+;/m0./s1. The zero-order valence-electron chi connectivity index (χ0n) is 77.2. The molecule has 7 amide bonds. The van der Waals surface area contributed by atoms with E-state index in [1.54, 1.807) is 67.0 Å². The van der Waals surface area contributed by atoms with E-state index < -0.39 is 197 Å². The number of aliphatic hydroxyl groups excluding tert-OH is 3. The fourth-order valence-electron chi connectivity index (χ4n) is 16.5. The van der Waals surface area contributed by atoms with Crippen molar-refractivity contribution in [3.63, 3.8) is 0 Å². The van der Waals surface area contributed by atoms with Gasteiger partial charge < -0.3 is 92.6 Å². The Labute approximate surface area is 814 Å². The Kier molecular flexibility index (Phi) is 42.5. The van der Waals surface area contributed by atoms with Gasteiger partial charge in [-0.15, -0.1) is 20.4 Å². The summed E-state index contributed by atoms with van der Waals surface area (Å²) in [5.74, 6) is -16.9. The minimum atomic E-state index is -1.76. The molecule has 0 aliphatic carbocycles. The summed E-state index contributed by atoms with van der Waals surface area (Å²) in [4.78, 5) is 201. The number of carboxylic acids is 4. The van der Waals surface area contributed by atoms with Gasteiger partial charge in [-0.25, -0.2) is 0 Å². The molecule has 1 radical (unpaired) electrons. The molecule has 2 aromatic heterocycles. The summed E-state index contributed by atoms with van der Waals surface area (Å²) in [5.41, 5.74) is 4.28. The summed E-state index contributed by atoms with van der Waals surface area (Å²) in [6.45, 7) is 11.8. The summed E-state index contributed by atoms with van der Waals surface area (Å²) in [6, 6.07) is 15.5. The number of carbonyl (C=O) groups is 14. The van der Waals surface area contributed by atoms with E-state index in [-0.39, 0.29) is 204 Å².